The Bertz CT molecular complexity index is 241. The summed E-state index contributed by atoms with van der Waals surface area (Å²) >= 11 is 0. The maximum Gasteiger partial charge on any atom is 0.353 e. The van der Waals surface area contributed by atoms with Crippen LogP contribution < -0.4 is 0 Å². The number of rotatable bonds is 5. The van der Waals surface area contributed by atoms with Gasteiger partial charge < -0.3 is 9.94 Å². The zero-order valence-corrected chi connectivity index (χ0v) is 7.40. The molecule has 2 aliphatic rings. The van der Waals surface area contributed by atoms with E-state index in [4.69, 9.17) is 9.94 Å². The highest BCUT2D eigenvalue weighted by molar-refractivity contribution is 6.36. The standard InChI is InChI=1S/C9H13NO3/c11-9(12)8(7-3-4-7)10-13-5-6-1-2-6/h6-7H,1-5H2,(H,11,12)/b10-8-. The Morgan fingerprint density at radius 2 is 2.08 bits per heavy atom. The van der Waals surface area contributed by atoms with Crippen LogP contribution in [-0.4, -0.2) is 23.4 Å². The van der Waals surface area contributed by atoms with E-state index < -0.39 is 5.97 Å². The lowest BCUT2D eigenvalue weighted by molar-refractivity contribution is -0.129. The first-order valence-electron chi connectivity index (χ1n) is 4.70. The van der Waals surface area contributed by atoms with Crippen LogP contribution in [0.3, 0.4) is 0 Å². The van der Waals surface area contributed by atoms with Crippen LogP contribution in [0.25, 0.3) is 0 Å². The van der Waals surface area contributed by atoms with Crippen molar-refractivity contribution in [2.45, 2.75) is 25.7 Å². The SMILES string of the molecule is O=C(O)/C(=N\OCC1CC1)C1CC1. The molecular formula is C9H13NO3. The fourth-order valence-corrected chi connectivity index (χ4v) is 1.14. The predicted octanol–water partition coefficient (Wildman–Crippen LogP) is 1.26. The molecule has 0 atom stereocenters. The Hall–Kier alpha value is -1.06. The van der Waals surface area contributed by atoms with Gasteiger partial charge in [-0.25, -0.2) is 4.79 Å². The summed E-state index contributed by atoms with van der Waals surface area (Å²) in [6.45, 7) is 0.587. The summed E-state index contributed by atoms with van der Waals surface area (Å²) in [5.41, 5.74) is 0.209. The molecule has 0 unspecified atom stereocenters. The average molecular weight is 183 g/mol. The lowest BCUT2D eigenvalue weighted by Crippen LogP contribution is -2.15. The van der Waals surface area contributed by atoms with Gasteiger partial charge >= 0.3 is 5.97 Å². The van der Waals surface area contributed by atoms with E-state index in [0.29, 0.717) is 12.5 Å². The summed E-state index contributed by atoms with van der Waals surface area (Å²) in [6, 6.07) is 0. The van der Waals surface area contributed by atoms with Gasteiger partial charge in [-0.15, -0.1) is 0 Å². The topological polar surface area (TPSA) is 58.9 Å². The van der Waals surface area contributed by atoms with Crippen molar-refractivity contribution in [3.8, 4) is 0 Å². The summed E-state index contributed by atoms with van der Waals surface area (Å²) < 4.78 is 0. The van der Waals surface area contributed by atoms with E-state index in [0.717, 1.165) is 12.8 Å². The lowest BCUT2D eigenvalue weighted by Gasteiger charge is -1.99. The first-order valence-corrected chi connectivity index (χ1v) is 4.70. The van der Waals surface area contributed by atoms with Gasteiger partial charge in [-0.2, -0.15) is 0 Å². The molecule has 2 rings (SSSR count). The molecule has 2 saturated carbocycles. The third-order valence-corrected chi connectivity index (χ3v) is 2.35. The minimum atomic E-state index is -0.932. The minimum absolute atomic E-state index is 0.150. The van der Waals surface area contributed by atoms with Gasteiger partial charge in [-0.1, -0.05) is 5.16 Å². The maximum absolute atomic E-state index is 10.7. The van der Waals surface area contributed by atoms with Crippen LogP contribution in [-0.2, 0) is 9.63 Å². The minimum Gasteiger partial charge on any atom is -0.477 e. The van der Waals surface area contributed by atoms with E-state index in [1.807, 2.05) is 0 Å². The number of nitrogens with zero attached hydrogens (tertiary/aromatic N) is 1. The highest BCUT2D eigenvalue weighted by Crippen LogP contribution is 2.32. The summed E-state index contributed by atoms with van der Waals surface area (Å²) in [6.07, 6.45) is 4.28. The van der Waals surface area contributed by atoms with Crippen molar-refractivity contribution in [1.29, 1.82) is 0 Å². The molecule has 4 nitrogen and oxygen atoms in total. The smallest absolute Gasteiger partial charge is 0.353 e. The third kappa shape index (κ3) is 2.44. The molecule has 0 saturated heterocycles. The van der Waals surface area contributed by atoms with E-state index in [2.05, 4.69) is 5.16 Å². The summed E-state index contributed by atoms with van der Waals surface area (Å²) in [7, 11) is 0. The van der Waals surface area contributed by atoms with E-state index in [1.165, 1.54) is 12.8 Å². The third-order valence-electron chi connectivity index (χ3n) is 2.35. The van der Waals surface area contributed by atoms with Gasteiger partial charge in [0.05, 0.1) is 0 Å². The largest absolute Gasteiger partial charge is 0.477 e. The van der Waals surface area contributed by atoms with Crippen molar-refractivity contribution in [2.75, 3.05) is 6.61 Å². The summed E-state index contributed by atoms with van der Waals surface area (Å²) in [5, 5.41) is 12.4. The van der Waals surface area contributed by atoms with Crippen LogP contribution in [0.1, 0.15) is 25.7 Å². The first-order chi connectivity index (χ1) is 6.27. The van der Waals surface area contributed by atoms with E-state index in [-0.39, 0.29) is 11.6 Å². The van der Waals surface area contributed by atoms with Crippen molar-refractivity contribution in [2.24, 2.45) is 17.0 Å². The molecule has 2 aliphatic carbocycles. The van der Waals surface area contributed by atoms with Gasteiger partial charge in [0.2, 0.25) is 0 Å². The molecule has 0 aromatic rings. The Balaban J connectivity index is 1.81. The van der Waals surface area contributed by atoms with Gasteiger partial charge in [0.1, 0.15) is 6.61 Å². The zero-order chi connectivity index (χ0) is 9.26. The summed E-state index contributed by atoms with van der Waals surface area (Å²) in [4.78, 5) is 15.7. The molecule has 4 heteroatoms. The molecule has 0 bridgehead atoms. The molecule has 0 aliphatic heterocycles. The van der Waals surface area contributed by atoms with Crippen LogP contribution >= 0.6 is 0 Å². The number of oxime groups is 1. The summed E-state index contributed by atoms with van der Waals surface area (Å²) in [5.74, 6) is -0.159. The van der Waals surface area contributed by atoms with Gasteiger partial charge in [-0.3, -0.25) is 0 Å². The lowest BCUT2D eigenvalue weighted by atomic mass is 10.2. The van der Waals surface area contributed by atoms with E-state index >= 15 is 0 Å². The van der Waals surface area contributed by atoms with Crippen molar-refractivity contribution < 1.29 is 14.7 Å². The number of carboxylic acids is 1. The Labute approximate surface area is 76.6 Å². The Morgan fingerprint density at radius 1 is 1.38 bits per heavy atom. The zero-order valence-electron chi connectivity index (χ0n) is 7.40. The second kappa shape index (κ2) is 3.36. The highest BCUT2D eigenvalue weighted by Gasteiger charge is 2.33. The molecule has 0 aromatic carbocycles. The molecular weight excluding hydrogens is 170 g/mol. The van der Waals surface area contributed by atoms with Crippen molar-refractivity contribution >= 4 is 11.7 Å². The number of carbonyl (C=O) groups is 1. The quantitative estimate of drug-likeness (QED) is 0.515. The second-order valence-electron chi connectivity index (χ2n) is 3.80. The molecule has 0 heterocycles. The molecule has 2 fully saturated rings. The monoisotopic (exact) mass is 183 g/mol. The molecule has 1 N–H and O–H groups in total. The predicted molar refractivity (Wildman–Crippen MR) is 46.5 cm³/mol. The maximum atomic E-state index is 10.7. The van der Waals surface area contributed by atoms with Crippen molar-refractivity contribution in [3.05, 3.63) is 0 Å². The van der Waals surface area contributed by atoms with Crippen LogP contribution in [0.2, 0.25) is 0 Å². The average Bonchev–Trinajstić information content (AvgIpc) is 2.90. The van der Waals surface area contributed by atoms with Crippen LogP contribution in [0.15, 0.2) is 5.16 Å². The van der Waals surface area contributed by atoms with Crippen LogP contribution in [0.5, 0.6) is 0 Å². The van der Waals surface area contributed by atoms with Crippen LogP contribution in [0, 0.1) is 11.8 Å². The van der Waals surface area contributed by atoms with Crippen molar-refractivity contribution in [1.82, 2.24) is 0 Å². The van der Waals surface area contributed by atoms with Gasteiger partial charge in [0.15, 0.2) is 5.71 Å². The molecule has 0 aromatic heterocycles. The Kier molecular flexibility index (Phi) is 2.20. The van der Waals surface area contributed by atoms with Crippen molar-refractivity contribution in [3.63, 3.8) is 0 Å². The molecule has 72 valence electrons. The van der Waals surface area contributed by atoms with Crippen LogP contribution in [0.4, 0.5) is 0 Å². The van der Waals surface area contributed by atoms with E-state index in [1.54, 1.807) is 0 Å². The number of carboxylic acid groups (broad SMARTS) is 1. The number of hydrogen-bond acceptors (Lipinski definition) is 3. The van der Waals surface area contributed by atoms with Gasteiger partial charge in [-0.05, 0) is 31.6 Å². The molecule has 0 amide bonds. The van der Waals surface area contributed by atoms with E-state index in [9.17, 15) is 4.79 Å². The van der Waals surface area contributed by atoms with Gasteiger partial charge in [0, 0.05) is 5.92 Å². The first kappa shape index (κ1) is 8.53. The molecule has 13 heavy (non-hydrogen) atoms. The molecule has 0 radical (unpaired) electrons. The Morgan fingerprint density at radius 3 is 2.54 bits per heavy atom. The normalized spacial score (nSPS) is 22.9. The second-order valence-corrected chi connectivity index (χ2v) is 3.80. The number of aliphatic carboxylic acids is 1. The van der Waals surface area contributed by atoms with Gasteiger partial charge in [0.25, 0.3) is 0 Å². The fraction of sp³-hybridized carbons (Fsp3) is 0.778. The highest BCUT2D eigenvalue weighted by atomic mass is 16.6. The fourth-order valence-electron chi connectivity index (χ4n) is 1.14. The molecule has 0 spiro atoms. The number of hydrogen-bond donors (Lipinski definition) is 1.